The number of likely N-dealkylation sites (tertiary alicyclic amines) is 1. The first-order valence-electron chi connectivity index (χ1n) is 15.5. The van der Waals surface area contributed by atoms with Crippen LogP contribution in [0.15, 0.2) is 48.5 Å². The molecule has 5 atom stereocenters. The Balaban J connectivity index is 1.28. The molecule has 6 rings (SSSR count). The normalized spacial score (nSPS) is 27.7. The summed E-state index contributed by atoms with van der Waals surface area (Å²) >= 11 is 0. The van der Waals surface area contributed by atoms with Gasteiger partial charge in [-0.2, -0.15) is 5.26 Å². The van der Waals surface area contributed by atoms with Crippen LogP contribution in [0.2, 0.25) is 0 Å². The van der Waals surface area contributed by atoms with Gasteiger partial charge in [0, 0.05) is 31.3 Å². The van der Waals surface area contributed by atoms with E-state index in [0.717, 1.165) is 24.8 Å². The number of hydrogen-bond donors (Lipinski definition) is 2. The van der Waals surface area contributed by atoms with Crippen molar-refractivity contribution >= 4 is 29.3 Å². The zero-order chi connectivity index (χ0) is 31.4. The number of benzene rings is 2. The molecule has 2 N–H and O–H groups in total. The number of likely N-dealkylation sites (N-methyl/N-ethyl adjacent to an activating group) is 1. The predicted molar refractivity (Wildman–Crippen MR) is 161 cm³/mol. The summed E-state index contributed by atoms with van der Waals surface area (Å²) in [5.41, 5.74) is -0.484. The monoisotopic (exact) mass is 599 g/mol. The van der Waals surface area contributed by atoms with E-state index < -0.39 is 34.8 Å². The number of halogens is 1. The van der Waals surface area contributed by atoms with Crippen molar-refractivity contribution in [2.45, 2.75) is 75.4 Å². The SMILES string of the molecule is CC(C)C[C@@H](C(=O)N1C[C@]2(C[C@H]1C#N)C(=O)Nc1ccccc12)N(C)C(=O)C1(NC(=O)c2ccc(F)cc2)CC1C1CCC1. The molecule has 2 heterocycles. The average molecular weight is 600 g/mol. The highest BCUT2D eigenvalue weighted by molar-refractivity contribution is 6.07. The lowest BCUT2D eigenvalue weighted by molar-refractivity contribution is -0.147. The minimum absolute atomic E-state index is 0.0400. The topological polar surface area (TPSA) is 123 Å². The number of fused-ring (bicyclic) bond motifs is 2. The molecule has 2 aromatic carbocycles. The first-order valence-corrected chi connectivity index (χ1v) is 15.5. The molecule has 4 amide bonds. The van der Waals surface area contributed by atoms with Crippen LogP contribution >= 0.6 is 0 Å². The number of nitriles is 1. The maximum atomic E-state index is 14.4. The van der Waals surface area contributed by atoms with Gasteiger partial charge in [-0.25, -0.2) is 4.39 Å². The smallest absolute Gasteiger partial charge is 0.252 e. The lowest BCUT2D eigenvalue weighted by atomic mass is 9.79. The Bertz CT molecular complexity index is 1550. The number of hydrogen-bond acceptors (Lipinski definition) is 5. The number of carbonyl (C=O) groups excluding carboxylic acids is 4. The van der Waals surface area contributed by atoms with Gasteiger partial charge < -0.3 is 20.4 Å². The Kier molecular flexibility index (Phi) is 7.47. The van der Waals surface area contributed by atoms with Crippen molar-refractivity contribution in [3.8, 4) is 6.07 Å². The molecule has 10 heteroatoms. The van der Waals surface area contributed by atoms with Crippen LogP contribution in [0.1, 0.15) is 68.3 Å². The second kappa shape index (κ2) is 11.0. The Morgan fingerprint density at radius 2 is 1.84 bits per heavy atom. The predicted octanol–water partition coefficient (Wildman–Crippen LogP) is 4.00. The van der Waals surface area contributed by atoms with Crippen LogP contribution in [0.4, 0.5) is 10.1 Å². The van der Waals surface area contributed by atoms with Crippen molar-refractivity contribution in [2.24, 2.45) is 17.8 Å². The fraction of sp³-hybridized carbons (Fsp3) is 0.500. The lowest BCUT2D eigenvalue weighted by Gasteiger charge is -2.36. The molecule has 44 heavy (non-hydrogen) atoms. The molecule has 2 aliphatic heterocycles. The Morgan fingerprint density at radius 1 is 1.14 bits per heavy atom. The number of rotatable bonds is 8. The molecule has 1 saturated heterocycles. The third kappa shape index (κ3) is 4.83. The van der Waals surface area contributed by atoms with Crippen molar-refractivity contribution in [1.29, 1.82) is 5.26 Å². The van der Waals surface area contributed by atoms with Crippen LogP contribution in [0.3, 0.4) is 0 Å². The molecular weight excluding hydrogens is 561 g/mol. The molecule has 0 radical (unpaired) electrons. The summed E-state index contributed by atoms with van der Waals surface area (Å²) in [7, 11) is 1.60. The van der Waals surface area contributed by atoms with E-state index in [4.69, 9.17) is 0 Å². The zero-order valence-electron chi connectivity index (χ0n) is 25.3. The first kappa shape index (κ1) is 29.8. The maximum absolute atomic E-state index is 14.4. The maximum Gasteiger partial charge on any atom is 0.252 e. The van der Waals surface area contributed by atoms with Gasteiger partial charge in [0.2, 0.25) is 17.7 Å². The van der Waals surface area contributed by atoms with Crippen LogP contribution in [0.5, 0.6) is 0 Å². The summed E-state index contributed by atoms with van der Waals surface area (Å²) in [5.74, 6) is -1.57. The third-order valence-electron chi connectivity index (χ3n) is 10.2. The number of carbonyl (C=O) groups is 4. The van der Waals surface area contributed by atoms with E-state index in [1.807, 2.05) is 38.1 Å². The molecule has 230 valence electrons. The van der Waals surface area contributed by atoms with Gasteiger partial charge in [0.1, 0.15) is 23.4 Å². The summed E-state index contributed by atoms with van der Waals surface area (Å²) in [6.45, 7) is 3.97. The molecule has 1 spiro atoms. The first-order chi connectivity index (χ1) is 21.0. The van der Waals surface area contributed by atoms with Gasteiger partial charge in [0.15, 0.2) is 0 Å². The van der Waals surface area contributed by atoms with Crippen molar-refractivity contribution in [3.05, 3.63) is 65.5 Å². The summed E-state index contributed by atoms with van der Waals surface area (Å²) < 4.78 is 13.5. The molecule has 3 fully saturated rings. The number of anilines is 1. The van der Waals surface area contributed by atoms with Gasteiger partial charge in [-0.1, -0.05) is 51.3 Å². The van der Waals surface area contributed by atoms with E-state index in [1.165, 1.54) is 34.1 Å². The molecular formula is C34H38FN5O4. The molecule has 9 nitrogen and oxygen atoms in total. The summed E-state index contributed by atoms with van der Waals surface area (Å²) in [5, 5.41) is 16.0. The van der Waals surface area contributed by atoms with Crippen molar-refractivity contribution in [3.63, 3.8) is 0 Å². The minimum Gasteiger partial charge on any atom is -0.337 e. The second-order valence-corrected chi connectivity index (χ2v) is 13.4. The summed E-state index contributed by atoms with van der Waals surface area (Å²) in [4.78, 5) is 58.3. The van der Waals surface area contributed by atoms with E-state index in [0.29, 0.717) is 24.4 Å². The van der Waals surface area contributed by atoms with Crippen molar-refractivity contribution in [1.82, 2.24) is 15.1 Å². The van der Waals surface area contributed by atoms with Crippen LogP contribution in [0.25, 0.3) is 0 Å². The highest BCUT2D eigenvalue weighted by Crippen LogP contribution is 2.56. The third-order valence-corrected chi connectivity index (χ3v) is 10.2. The summed E-state index contributed by atoms with van der Waals surface area (Å²) in [6, 6.07) is 13.1. The quantitative estimate of drug-likeness (QED) is 0.475. The number of para-hydroxylation sites is 1. The van der Waals surface area contributed by atoms with Crippen molar-refractivity contribution in [2.75, 3.05) is 18.9 Å². The molecule has 2 aliphatic carbocycles. The number of nitrogens with one attached hydrogen (secondary N) is 2. The van der Waals surface area contributed by atoms with Gasteiger partial charge in [0.05, 0.1) is 11.5 Å². The van der Waals surface area contributed by atoms with Crippen LogP contribution in [0, 0.1) is 34.9 Å². The Hall–Kier alpha value is -4.26. The summed E-state index contributed by atoms with van der Waals surface area (Å²) in [6.07, 6.45) is 4.03. The number of nitrogens with zero attached hydrogens (tertiary/aromatic N) is 3. The highest BCUT2D eigenvalue weighted by Gasteiger charge is 2.66. The van der Waals surface area contributed by atoms with Gasteiger partial charge in [-0.05, 0) is 66.5 Å². The minimum atomic E-state index is -1.16. The molecule has 0 bridgehead atoms. The van der Waals surface area contributed by atoms with Gasteiger partial charge in [-0.3, -0.25) is 19.2 Å². The largest absolute Gasteiger partial charge is 0.337 e. The van der Waals surface area contributed by atoms with E-state index in [1.54, 1.807) is 7.05 Å². The zero-order valence-corrected chi connectivity index (χ0v) is 25.3. The molecule has 2 saturated carbocycles. The van der Waals surface area contributed by atoms with E-state index in [2.05, 4.69) is 16.7 Å². The Morgan fingerprint density at radius 3 is 2.48 bits per heavy atom. The van der Waals surface area contributed by atoms with Gasteiger partial charge >= 0.3 is 0 Å². The molecule has 2 aromatic rings. The Labute approximate surface area is 256 Å². The van der Waals surface area contributed by atoms with Gasteiger partial charge in [0.25, 0.3) is 5.91 Å². The van der Waals surface area contributed by atoms with Crippen LogP contribution in [-0.4, -0.2) is 64.6 Å². The highest BCUT2D eigenvalue weighted by atomic mass is 19.1. The molecule has 0 aromatic heterocycles. The van der Waals surface area contributed by atoms with E-state index in [-0.39, 0.29) is 48.1 Å². The molecule has 2 unspecified atom stereocenters. The van der Waals surface area contributed by atoms with Crippen molar-refractivity contribution < 1.29 is 23.6 Å². The number of amides is 4. The average Bonchev–Trinajstić information content (AvgIpc) is 3.40. The van der Waals surface area contributed by atoms with Gasteiger partial charge in [-0.15, -0.1) is 0 Å². The second-order valence-electron chi connectivity index (χ2n) is 13.4. The lowest BCUT2D eigenvalue weighted by Crippen LogP contribution is -2.58. The van der Waals surface area contributed by atoms with E-state index in [9.17, 15) is 28.8 Å². The van der Waals surface area contributed by atoms with E-state index >= 15 is 0 Å². The van der Waals surface area contributed by atoms with Crippen LogP contribution < -0.4 is 10.6 Å². The molecule has 4 aliphatic rings. The standard InChI is InChI=1S/C34H38FN5O4/c1-20(2)15-28(30(42)40-19-33(16-24(40)18-36)25-9-4-5-10-27(25)37-31(33)43)39(3)32(44)34(17-26(34)21-7-6-8-21)38-29(41)22-11-13-23(35)14-12-22/h4-5,9-14,20-21,24,26,28H,6-8,15-17,19H2,1-3H3,(H,37,43)(H,38,41)/t24-,26?,28-,33-,34?/m0/s1. The fourth-order valence-corrected chi connectivity index (χ4v) is 7.52. The fourth-order valence-electron chi connectivity index (χ4n) is 7.52. The van der Waals surface area contributed by atoms with Crippen LogP contribution in [-0.2, 0) is 19.8 Å².